The van der Waals surface area contributed by atoms with Crippen LogP contribution in [-0.4, -0.2) is 17.0 Å². The molecule has 12 heavy (non-hydrogen) atoms. The maximum absolute atomic E-state index is 12.6. The molecule has 0 aliphatic heterocycles. The average Bonchev–Trinajstić information content (AvgIpc) is 1.79. The van der Waals surface area contributed by atoms with Crippen LogP contribution in [0.5, 0.6) is 0 Å². The molecule has 0 aliphatic rings. The van der Waals surface area contributed by atoms with Crippen LogP contribution in [0.15, 0.2) is 0 Å². The van der Waals surface area contributed by atoms with Crippen molar-refractivity contribution in [1.29, 1.82) is 0 Å². The molecule has 0 saturated heterocycles. The van der Waals surface area contributed by atoms with Gasteiger partial charge in [-0.2, -0.15) is 0 Å². The van der Waals surface area contributed by atoms with E-state index in [-0.39, 0.29) is 12.3 Å². The van der Waals surface area contributed by atoms with Crippen LogP contribution in [0.2, 0.25) is 0 Å². The van der Waals surface area contributed by atoms with Gasteiger partial charge in [0.1, 0.15) is 5.92 Å². The van der Waals surface area contributed by atoms with Crippen molar-refractivity contribution in [3.63, 3.8) is 0 Å². The van der Waals surface area contributed by atoms with Gasteiger partial charge in [0.25, 0.3) is 5.92 Å². The molecule has 0 amide bonds. The third-order valence-electron chi connectivity index (χ3n) is 1.62. The van der Waals surface area contributed by atoms with E-state index in [1.54, 1.807) is 13.8 Å². The standard InChI is InChI=1S/C8H14F2O2/c1-5(2)4-6(7(11)12)8(3,9)10/h5-6H,4H2,1-3H3,(H,11,12). The van der Waals surface area contributed by atoms with Gasteiger partial charge in [-0.25, -0.2) is 8.78 Å². The van der Waals surface area contributed by atoms with E-state index in [2.05, 4.69) is 0 Å². The fourth-order valence-electron chi connectivity index (χ4n) is 0.996. The highest BCUT2D eigenvalue weighted by molar-refractivity contribution is 5.71. The van der Waals surface area contributed by atoms with Gasteiger partial charge < -0.3 is 5.11 Å². The molecule has 1 N–H and O–H groups in total. The minimum Gasteiger partial charge on any atom is -0.481 e. The molecule has 0 saturated carbocycles. The molecule has 0 heterocycles. The molecular weight excluding hydrogens is 166 g/mol. The molecule has 0 spiro atoms. The average molecular weight is 180 g/mol. The van der Waals surface area contributed by atoms with Crippen LogP contribution >= 0.6 is 0 Å². The smallest absolute Gasteiger partial charge is 0.312 e. The predicted octanol–water partition coefficient (Wildman–Crippen LogP) is 2.39. The number of carboxylic acids is 1. The van der Waals surface area contributed by atoms with Crippen molar-refractivity contribution in [1.82, 2.24) is 0 Å². The fraction of sp³-hybridized carbons (Fsp3) is 0.875. The number of carbonyl (C=O) groups is 1. The Morgan fingerprint density at radius 2 is 1.92 bits per heavy atom. The fourth-order valence-corrected chi connectivity index (χ4v) is 0.996. The molecule has 0 aromatic rings. The summed E-state index contributed by atoms with van der Waals surface area (Å²) in [7, 11) is 0. The van der Waals surface area contributed by atoms with Gasteiger partial charge in [0, 0.05) is 6.92 Å². The van der Waals surface area contributed by atoms with Gasteiger partial charge in [-0.15, -0.1) is 0 Å². The minimum atomic E-state index is -3.13. The van der Waals surface area contributed by atoms with E-state index in [1.165, 1.54) is 0 Å². The highest BCUT2D eigenvalue weighted by Crippen LogP contribution is 2.29. The molecule has 0 rings (SSSR count). The first kappa shape index (κ1) is 11.3. The van der Waals surface area contributed by atoms with E-state index in [0.717, 1.165) is 0 Å². The number of hydrogen-bond donors (Lipinski definition) is 1. The van der Waals surface area contributed by atoms with Gasteiger partial charge in [0.15, 0.2) is 0 Å². The third kappa shape index (κ3) is 3.64. The topological polar surface area (TPSA) is 37.3 Å². The molecule has 1 atom stereocenters. The number of hydrogen-bond acceptors (Lipinski definition) is 1. The van der Waals surface area contributed by atoms with Crippen molar-refractivity contribution in [2.45, 2.75) is 33.1 Å². The Bertz CT molecular complexity index is 161. The number of rotatable bonds is 4. The van der Waals surface area contributed by atoms with Crippen molar-refractivity contribution in [2.75, 3.05) is 0 Å². The Morgan fingerprint density at radius 3 is 2.00 bits per heavy atom. The quantitative estimate of drug-likeness (QED) is 0.721. The van der Waals surface area contributed by atoms with Crippen LogP contribution < -0.4 is 0 Å². The summed E-state index contributed by atoms with van der Waals surface area (Å²) in [6, 6.07) is 0. The zero-order valence-electron chi connectivity index (χ0n) is 7.47. The molecule has 0 bridgehead atoms. The summed E-state index contributed by atoms with van der Waals surface area (Å²) >= 11 is 0. The lowest BCUT2D eigenvalue weighted by Crippen LogP contribution is -2.32. The predicted molar refractivity (Wildman–Crippen MR) is 41.2 cm³/mol. The SMILES string of the molecule is CC(C)CC(C(=O)O)C(C)(F)F. The van der Waals surface area contributed by atoms with Gasteiger partial charge in [0.05, 0.1) is 0 Å². The summed E-state index contributed by atoms with van der Waals surface area (Å²) < 4.78 is 25.2. The van der Waals surface area contributed by atoms with E-state index in [0.29, 0.717) is 6.92 Å². The van der Waals surface area contributed by atoms with Gasteiger partial charge in [-0.05, 0) is 12.3 Å². The molecule has 72 valence electrons. The van der Waals surface area contributed by atoms with Gasteiger partial charge >= 0.3 is 5.97 Å². The number of aliphatic carboxylic acids is 1. The normalized spacial score (nSPS) is 14.8. The van der Waals surface area contributed by atoms with Crippen LogP contribution in [-0.2, 0) is 4.79 Å². The Hall–Kier alpha value is -0.670. The maximum Gasteiger partial charge on any atom is 0.312 e. The first-order valence-electron chi connectivity index (χ1n) is 3.85. The van der Waals surface area contributed by atoms with E-state index >= 15 is 0 Å². The van der Waals surface area contributed by atoms with Gasteiger partial charge in [-0.3, -0.25) is 4.79 Å². The van der Waals surface area contributed by atoms with Gasteiger partial charge in [-0.1, -0.05) is 13.8 Å². The van der Waals surface area contributed by atoms with E-state index in [9.17, 15) is 13.6 Å². The van der Waals surface area contributed by atoms with Crippen LogP contribution in [0, 0.1) is 11.8 Å². The number of alkyl halides is 2. The van der Waals surface area contributed by atoms with Gasteiger partial charge in [0.2, 0.25) is 0 Å². The maximum atomic E-state index is 12.6. The monoisotopic (exact) mass is 180 g/mol. The van der Waals surface area contributed by atoms with Crippen molar-refractivity contribution >= 4 is 5.97 Å². The molecule has 0 aromatic heterocycles. The zero-order chi connectivity index (χ0) is 9.94. The number of carboxylic acid groups (broad SMARTS) is 1. The van der Waals surface area contributed by atoms with E-state index < -0.39 is 17.8 Å². The van der Waals surface area contributed by atoms with E-state index in [1.807, 2.05) is 0 Å². The molecule has 1 unspecified atom stereocenters. The molecule has 0 aliphatic carbocycles. The van der Waals surface area contributed by atoms with Crippen LogP contribution in [0.4, 0.5) is 8.78 Å². The Morgan fingerprint density at radius 1 is 1.50 bits per heavy atom. The van der Waals surface area contributed by atoms with Crippen molar-refractivity contribution < 1.29 is 18.7 Å². The highest BCUT2D eigenvalue weighted by atomic mass is 19.3. The lowest BCUT2D eigenvalue weighted by Gasteiger charge is -2.20. The highest BCUT2D eigenvalue weighted by Gasteiger charge is 2.39. The van der Waals surface area contributed by atoms with Crippen molar-refractivity contribution in [3.05, 3.63) is 0 Å². The summed E-state index contributed by atoms with van der Waals surface area (Å²) in [6.07, 6.45) is 0.0127. The Kier molecular flexibility index (Phi) is 3.61. The first-order chi connectivity index (χ1) is 5.25. The molecule has 0 fully saturated rings. The second-order valence-corrected chi connectivity index (χ2v) is 3.48. The summed E-state index contributed by atoms with van der Waals surface area (Å²) in [5, 5.41) is 8.48. The molecule has 0 aromatic carbocycles. The first-order valence-corrected chi connectivity index (χ1v) is 3.85. The molecule has 2 nitrogen and oxygen atoms in total. The molecule has 4 heteroatoms. The molecular formula is C8H14F2O2. The van der Waals surface area contributed by atoms with E-state index in [4.69, 9.17) is 5.11 Å². The van der Waals surface area contributed by atoms with Crippen LogP contribution in [0.3, 0.4) is 0 Å². The summed E-state index contributed by atoms with van der Waals surface area (Å²) in [5.41, 5.74) is 0. The lowest BCUT2D eigenvalue weighted by atomic mass is 9.92. The Labute approximate surface area is 70.6 Å². The zero-order valence-corrected chi connectivity index (χ0v) is 7.47. The number of halogens is 2. The van der Waals surface area contributed by atoms with Crippen molar-refractivity contribution in [3.8, 4) is 0 Å². The van der Waals surface area contributed by atoms with Crippen molar-refractivity contribution in [2.24, 2.45) is 11.8 Å². The van der Waals surface area contributed by atoms with Crippen LogP contribution in [0.1, 0.15) is 27.2 Å². The second-order valence-electron chi connectivity index (χ2n) is 3.48. The second kappa shape index (κ2) is 3.83. The summed E-state index contributed by atoms with van der Waals surface area (Å²) in [5.74, 6) is -6.14. The minimum absolute atomic E-state index is 0.0127. The Balaban J connectivity index is 4.35. The summed E-state index contributed by atoms with van der Waals surface area (Å²) in [4.78, 5) is 10.4. The molecule has 0 radical (unpaired) electrons. The third-order valence-corrected chi connectivity index (χ3v) is 1.62. The largest absolute Gasteiger partial charge is 0.481 e. The van der Waals surface area contributed by atoms with Crippen LogP contribution in [0.25, 0.3) is 0 Å². The lowest BCUT2D eigenvalue weighted by molar-refractivity contribution is -0.156. The summed E-state index contributed by atoms with van der Waals surface area (Å²) in [6.45, 7) is 4.09.